The number of aryl methyl sites for hydroxylation is 2. The molecule has 82 heavy (non-hydrogen) atoms. The number of hydrogen-bond donors (Lipinski definition) is 5. The quantitative estimate of drug-likeness (QED) is 0.0415. The number of carbonyl (C=O) groups is 5. The Balaban J connectivity index is 0.692. The van der Waals surface area contributed by atoms with Gasteiger partial charge in [0.1, 0.15) is 18.6 Å². The highest BCUT2D eigenvalue weighted by Gasteiger charge is 2.44. The van der Waals surface area contributed by atoms with Gasteiger partial charge in [0.25, 0.3) is 6.43 Å². The predicted octanol–water partition coefficient (Wildman–Crippen LogP) is 8.30. The van der Waals surface area contributed by atoms with Crippen molar-refractivity contribution in [1.29, 1.82) is 0 Å². The second-order valence-corrected chi connectivity index (χ2v) is 24.2. The van der Waals surface area contributed by atoms with Crippen LogP contribution in [-0.2, 0) is 56.4 Å². The number of carbonyl (C=O) groups excluding carboxylic acids is 5. The standard InChI is InChI=1S/C60H80F2N12O7S/c1-38-53(82-37-66-38)40-18-16-39(17-19-40)31-65-57(78)50-29-44(75)34-73(50)58(79)54(60(2,3)4)68-51(76)15-11-9-7-6-8-10-12-23-64-52(77)36-71-33-42(32-67-71)45-28-41-14-13-24-72(49(41)30-46(45)55(61)62)56-47-35-70(59(80)63-5)25-20-48(47)74(69-56)43-21-26-81-27-22-43/h16-19,28,30,32-33,37,43-44,50,54-55,75H,6-15,20-27,29,31,34-36H2,1-5H3,(H,63,80)(H,64,77)(H,65,78)(H,68,76)/t44-,50+,54-/m1/s1. The van der Waals surface area contributed by atoms with Gasteiger partial charge in [-0.05, 0) is 85.3 Å². The minimum Gasteiger partial charge on any atom is -0.391 e. The number of unbranched alkanes of at least 4 members (excludes halogenated alkanes) is 6. The number of hydrogen-bond acceptors (Lipinski definition) is 12. The number of aliphatic hydroxyl groups excluding tert-OH is 1. The van der Waals surface area contributed by atoms with Crippen LogP contribution in [0.2, 0.25) is 0 Å². The molecule has 442 valence electrons. The van der Waals surface area contributed by atoms with Gasteiger partial charge < -0.3 is 45.8 Å². The molecule has 9 rings (SSSR count). The van der Waals surface area contributed by atoms with E-state index in [1.807, 2.05) is 63.5 Å². The number of fused-ring (bicyclic) bond motifs is 2. The summed E-state index contributed by atoms with van der Waals surface area (Å²) >= 11 is 1.57. The number of aromatic nitrogens is 5. The molecule has 3 atom stereocenters. The number of anilines is 2. The van der Waals surface area contributed by atoms with Crippen LogP contribution in [0.5, 0.6) is 0 Å². The lowest BCUT2D eigenvalue weighted by Crippen LogP contribution is -2.57. The Kier molecular flexibility index (Phi) is 19.8. The van der Waals surface area contributed by atoms with Crippen LogP contribution in [0.15, 0.2) is 54.3 Å². The minimum absolute atomic E-state index is 0.00573. The number of nitrogens with zero attached hydrogens (tertiary/aromatic N) is 8. The summed E-state index contributed by atoms with van der Waals surface area (Å²) < 4.78 is 39.4. The average molecular weight is 1150 g/mol. The van der Waals surface area contributed by atoms with Crippen LogP contribution in [0.4, 0.5) is 25.1 Å². The molecule has 22 heteroatoms. The summed E-state index contributed by atoms with van der Waals surface area (Å²) in [6.45, 7) is 11.1. The summed E-state index contributed by atoms with van der Waals surface area (Å²) in [5.74, 6) is -0.499. The van der Waals surface area contributed by atoms with Crippen LogP contribution in [0.25, 0.3) is 21.6 Å². The van der Waals surface area contributed by atoms with Gasteiger partial charge in [-0.3, -0.25) is 28.5 Å². The molecule has 6 amide bonds. The van der Waals surface area contributed by atoms with Crippen molar-refractivity contribution < 1.29 is 42.6 Å². The maximum absolute atomic E-state index is 15.1. The number of amides is 6. The number of ether oxygens (including phenoxy) is 1. The molecular weight excluding hydrogens is 1070 g/mol. The second kappa shape index (κ2) is 27.1. The molecule has 0 unspecified atom stereocenters. The maximum Gasteiger partial charge on any atom is 0.317 e. The Morgan fingerprint density at radius 3 is 2.37 bits per heavy atom. The molecule has 2 saturated heterocycles. The Bertz CT molecular complexity index is 3040. The van der Waals surface area contributed by atoms with E-state index >= 15 is 8.78 Å². The number of urea groups is 1. The van der Waals surface area contributed by atoms with E-state index in [1.165, 1.54) is 15.8 Å². The Hall–Kier alpha value is -6.78. The van der Waals surface area contributed by atoms with Gasteiger partial charge in [0, 0.05) is 107 Å². The van der Waals surface area contributed by atoms with Crippen molar-refractivity contribution in [3.8, 4) is 21.6 Å². The Labute approximate surface area is 482 Å². The fraction of sp³-hybridized carbons (Fsp3) is 0.567. The zero-order chi connectivity index (χ0) is 58.1. The van der Waals surface area contributed by atoms with Crippen molar-refractivity contribution in [2.24, 2.45) is 5.41 Å². The van der Waals surface area contributed by atoms with Crippen molar-refractivity contribution in [2.75, 3.05) is 51.3 Å². The van der Waals surface area contributed by atoms with Crippen molar-refractivity contribution in [2.45, 2.75) is 168 Å². The van der Waals surface area contributed by atoms with Gasteiger partial charge in [0.05, 0.1) is 41.0 Å². The maximum atomic E-state index is 15.1. The number of thiazole rings is 1. The number of aliphatic hydroxyl groups is 1. The third-order valence-corrected chi connectivity index (χ3v) is 17.3. The van der Waals surface area contributed by atoms with Gasteiger partial charge in [0.15, 0.2) is 5.82 Å². The van der Waals surface area contributed by atoms with E-state index in [0.717, 1.165) is 96.3 Å². The van der Waals surface area contributed by atoms with Crippen molar-refractivity contribution >= 4 is 52.5 Å². The van der Waals surface area contributed by atoms with Crippen LogP contribution in [-0.4, -0.2) is 134 Å². The van der Waals surface area contributed by atoms with Gasteiger partial charge in [-0.2, -0.15) is 10.2 Å². The first kappa shape index (κ1) is 59.8. The van der Waals surface area contributed by atoms with Crippen LogP contribution < -0.4 is 26.2 Å². The van der Waals surface area contributed by atoms with E-state index < -0.39 is 35.9 Å². The highest BCUT2D eigenvalue weighted by atomic mass is 32.1. The minimum atomic E-state index is -2.78. The lowest BCUT2D eigenvalue weighted by Gasteiger charge is -2.35. The van der Waals surface area contributed by atoms with E-state index in [2.05, 4.69) is 40.9 Å². The van der Waals surface area contributed by atoms with E-state index in [4.69, 9.17) is 9.84 Å². The molecule has 0 spiro atoms. The number of β-amino-alcohol motifs (C(OH)–C–C–N with tert-alkyl or cyclic N) is 1. The van der Waals surface area contributed by atoms with Crippen LogP contribution in [0.1, 0.15) is 144 Å². The van der Waals surface area contributed by atoms with Gasteiger partial charge in [0.2, 0.25) is 23.6 Å². The molecule has 0 saturated carbocycles. The Morgan fingerprint density at radius 1 is 0.915 bits per heavy atom. The molecule has 0 bridgehead atoms. The van der Waals surface area contributed by atoms with E-state index in [0.29, 0.717) is 81.3 Å². The van der Waals surface area contributed by atoms with Gasteiger partial charge in [-0.1, -0.05) is 77.1 Å². The summed E-state index contributed by atoms with van der Waals surface area (Å²) in [4.78, 5) is 77.3. The summed E-state index contributed by atoms with van der Waals surface area (Å²) in [5.41, 5.74) is 8.47. The molecule has 2 fully saturated rings. The third-order valence-electron chi connectivity index (χ3n) is 16.3. The highest BCUT2D eigenvalue weighted by molar-refractivity contribution is 7.13. The normalized spacial score (nSPS) is 17.8. The van der Waals surface area contributed by atoms with Crippen LogP contribution in [0.3, 0.4) is 0 Å². The number of nitrogens with one attached hydrogen (secondary N) is 4. The molecule has 5 aromatic rings. The van der Waals surface area contributed by atoms with Crippen LogP contribution >= 0.6 is 11.3 Å². The SMILES string of the molecule is CNC(=O)N1CCc2c(c(N3CCCc4cc(-c5cnn(CC(=O)NCCCCCCCCCC(=O)N[C@H](C(=O)N6C[C@H](O)C[C@H]6C(=O)NCc6ccc(-c7scnc7C)cc6)C(C)(C)C)c5)c(C(F)F)cc43)nn2C2CCOCC2)C1. The summed E-state index contributed by atoms with van der Waals surface area (Å²) in [6, 6.07) is 9.55. The number of rotatable bonds is 22. The molecule has 0 radical (unpaired) electrons. The van der Waals surface area contributed by atoms with Crippen molar-refractivity contribution in [3.05, 3.63) is 87.9 Å². The monoisotopic (exact) mass is 1150 g/mol. The van der Waals surface area contributed by atoms with E-state index in [9.17, 15) is 29.1 Å². The zero-order valence-electron chi connectivity index (χ0n) is 48.0. The smallest absolute Gasteiger partial charge is 0.317 e. The van der Waals surface area contributed by atoms with Crippen LogP contribution in [0, 0.1) is 12.3 Å². The lowest BCUT2D eigenvalue weighted by atomic mass is 9.85. The lowest BCUT2D eigenvalue weighted by molar-refractivity contribution is -0.144. The molecule has 4 aliphatic heterocycles. The predicted molar refractivity (Wildman–Crippen MR) is 309 cm³/mol. The summed E-state index contributed by atoms with van der Waals surface area (Å²) in [6.07, 6.45) is 9.74. The zero-order valence-corrected chi connectivity index (χ0v) is 48.8. The summed E-state index contributed by atoms with van der Waals surface area (Å²) in [5, 5.41) is 31.8. The average Bonchev–Trinajstić information content (AvgIpc) is 4.41. The molecule has 5 N–H and O–H groups in total. The topological polar surface area (TPSA) is 221 Å². The second-order valence-electron chi connectivity index (χ2n) is 23.3. The Morgan fingerprint density at radius 2 is 1.66 bits per heavy atom. The number of benzene rings is 2. The van der Waals surface area contributed by atoms with E-state index in [1.54, 1.807) is 35.5 Å². The van der Waals surface area contributed by atoms with Gasteiger partial charge in [-0.15, -0.1) is 11.3 Å². The highest BCUT2D eigenvalue weighted by Crippen LogP contribution is 2.44. The van der Waals surface area contributed by atoms with Crippen molar-refractivity contribution in [3.63, 3.8) is 0 Å². The van der Waals surface area contributed by atoms with Crippen molar-refractivity contribution in [1.82, 2.24) is 55.6 Å². The molecule has 7 heterocycles. The number of halogens is 2. The molecule has 0 aliphatic carbocycles. The third kappa shape index (κ3) is 14.3. The molecular formula is C60H80F2N12O7S. The molecule has 3 aromatic heterocycles. The molecule has 19 nitrogen and oxygen atoms in total. The molecule has 2 aromatic carbocycles. The number of likely N-dealkylation sites (tertiary alicyclic amines) is 1. The fourth-order valence-corrected chi connectivity index (χ4v) is 12.6. The largest absolute Gasteiger partial charge is 0.391 e. The first-order chi connectivity index (χ1) is 39.5. The first-order valence-electron chi connectivity index (χ1n) is 29.2. The summed E-state index contributed by atoms with van der Waals surface area (Å²) in [7, 11) is 1.62. The first-order valence-corrected chi connectivity index (χ1v) is 30.1. The van der Waals surface area contributed by atoms with E-state index in [-0.39, 0.29) is 67.8 Å². The number of alkyl halides is 2. The van der Waals surface area contributed by atoms with Gasteiger partial charge in [-0.25, -0.2) is 18.6 Å². The van der Waals surface area contributed by atoms with Gasteiger partial charge >= 0.3 is 6.03 Å². The molecule has 4 aliphatic rings. The fourth-order valence-electron chi connectivity index (χ4n) is 11.8.